The molecule has 1 heterocycles. The number of ether oxygens (including phenoxy) is 1. The number of thiol groups is 1. The van der Waals surface area contributed by atoms with Gasteiger partial charge in [0.25, 0.3) is 0 Å². The molecule has 1 aliphatic heterocycles. The molecule has 2 rings (SSSR count). The van der Waals surface area contributed by atoms with Gasteiger partial charge in [0.15, 0.2) is 0 Å². The molecular weight excluding hydrogens is 234 g/mol. The number of nitrogens with zero attached hydrogens (tertiary/aromatic N) is 1. The van der Waals surface area contributed by atoms with Crippen LogP contribution in [0.4, 0.5) is 0 Å². The van der Waals surface area contributed by atoms with E-state index in [0.717, 1.165) is 37.1 Å². The normalized spacial score (nSPS) is 22.4. The predicted molar refractivity (Wildman–Crippen MR) is 70.8 cm³/mol. The summed E-state index contributed by atoms with van der Waals surface area (Å²) in [6.45, 7) is 1.76. The summed E-state index contributed by atoms with van der Waals surface area (Å²) in [4.78, 5) is 13.5. The summed E-state index contributed by atoms with van der Waals surface area (Å²) in [6.07, 6.45) is 2.02. The molecule has 0 saturated carbocycles. The number of hydrogen-bond donors (Lipinski definition) is 1. The molecule has 1 aliphatic rings. The lowest BCUT2D eigenvalue weighted by Crippen LogP contribution is -2.28. The van der Waals surface area contributed by atoms with Gasteiger partial charge in [-0.25, -0.2) is 0 Å². The van der Waals surface area contributed by atoms with E-state index in [1.54, 1.807) is 7.11 Å². The third-order valence-electron chi connectivity index (χ3n) is 3.17. The lowest BCUT2D eigenvalue weighted by atomic mass is 10.1. The molecule has 0 radical (unpaired) electrons. The van der Waals surface area contributed by atoms with E-state index in [2.05, 4.69) is 17.5 Å². The largest absolute Gasteiger partial charge is 0.496 e. The molecule has 0 spiro atoms. The van der Waals surface area contributed by atoms with Gasteiger partial charge in [-0.05, 0) is 12.5 Å². The fraction of sp³-hybridized carbons (Fsp3) is 0.462. The van der Waals surface area contributed by atoms with Gasteiger partial charge in [0.2, 0.25) is 0 Å². The van der Waals surface area contributed by atoms with Gasteiger partial charge in [-0.3, -0.25) is 4.90 Å². The second kappa shape index (κ2) is 5.56. The van der Waals surface area contributed by atoms with Crippen molar-refractivity contribution in [3.05, 3.63) is 29.8 Å². The summed E-state index contributed by atoms with van der Waals surface area (Å²) in [5.41, 5.74) is 0.937. The van der Waals surface area contributed by atoms with E-state index in [1.165, 1.54) is 0 Å². The van der Waals surface area contributed by atoms with Crippen molar-refractivity contribution < 1.29 is 9.53 Å². The van der Waals surface area contributed by atoms with Crippen LogP contribution in [0.5, 0.6) is 5.75 Å². The van der Waals surface area contributed by atoms with Gasteiger partial charge in [0, 0.05) is 23.9 Å². The highest BCUT2D eigenvalue weighted by Crippen LogP contribution is 2.31. The zero-order chi connectivity index (χ0) is 12.3. The minimum Gasteiger partial charge on any atom is -0.496 e. The van der Waals surface area contributed by atoms with Gasteiger partial charge in [-0.15, -0.1) is 0 Å². The number of methoxy groups -OCH3 is 1. The number of carbonyl (C=O) groups is 1. The minimum atomic E-state index is -0.219. The first-order chi connectivity index (χ1) is 8.26. The topological polar surface area (TPSA) is 29.5 Å². The van der Waals surface area contributed by atoms with E-state index in [9.17, 15) is 4.79 Å². The van der Waals surface area contributed by atoms with Crippen LogP contribution in [0.3, 0.4) is 0 Å². The molecule has 1 saturated heterocycles. The molecule has 0 bridgehead atoms. The van der Waals surface area contributed by atoms with Gasteiger partial charge in [0.1, 0.15) is 12.0 Å². The van der Waals surface area contributed by atoms with Crippen molar-refractivity contribution in [3.63, 3.8) is 0 Å². The highest BCUT2D eigenvalue weighted by Gasteiger charge is 2.28. The molecular formula is C13H17NO2S. The Bertz CT molecular complexity index is 397. The summed E-state index contributed by atoms with van der Waals surface area (Å²) in [6, 6.07) is 7.46. The molecule has 0 aliphatic carbocycles. The molecule has 4 heteroatoms. The first-order valence-electron chi connectivity index (χ1n) is 5.76. The van der Waals surface area contributed by atoms with Crippen LogP contribution in [-0.2, 0) is 4.79 Å². The summed E-state index contributed by atoms with van der Waals surface area (Å²) in [5, 5.41) is 0.368. The molecule has 92 valence electrons. The van der Waals surface area contributed by atoms with Crippen molar-refractivity contribution in [2.75, 3.05) is 20.2 Å². The van der Waals surface area contributed by atoms with Gasteiger partial charge >= 0.3 is 0 Å². The fourth-order valence-electron chi connectivity index (χ4n) is 2.29. The first kappa shape index (κ1) is 12.5. The lowest BCUT2D eigenvalue weighted by molar-refractivity contribution is -0.112. The van der Waals surface area contributed by atoms with Crippen molar-refractivity contribution in [1.82, 2.24) is 4.90 Å². The molecule has 17 heavy (non-hydrogen) atoms. The van der Waals surface area contributed by atoms with E-state index in [0.29, 0.717) is 5.25 Å². The highest BCUT2D eigenvalue weighted by atomic mass is 32.1. The minimum absolute atomic E-state index is 0.219. The van der Waals surface area contributed by atoms with Crippen LogP contribution in [0.1, 0.15) is 18.0 Å². The molecule has 2 atom stereocenters. The molecule has 2 unspecified atom stereocenters. The summed E-state index contributed by atoms with van der Waals surface area (Å²) < 4.78 is 5.31. The Morgan fingerprint density at radius 3 is 2.88 bits per heavy atom. The summed E-state index contributed by atoms with van der Waals surface area (Å²) in [5.74, 6) is 0.771. The average molecular weight is 251 g/mol. The number of carbonyl (C=O) groups excluding carboxylic acids is 1. The molecule has 1 fully saturated rings. The third-order valence-corrected chi connectivity index (χ3v) is 3.60. The zero-order valence-corrected chi connectivity index (χ0v) is 10.8. The monoisotopic (exact) mass is 251 g/mol. The maximum Gasteiger partial charge on any atom is 0.141 e. The maximum atomic E-state index is 11.3. The molecule has 1 aromatic rings. The second-order valence-electron chi connectivity index (χ2n) is 4.26. The number of hydrogen-bond acceptors (Lipinski definition) is 4. The van der Waals surface area contributed by atoms with Crippen molar-refractivity contribution in [3.8, 4) is 5.75 Å². The smallest absolute Gasteiger partial charge is 0.141 e. The maximum absolute atomic E-state index is 11.3. The van der Waals surface area contributed by atoms with Crippen molar-refractivity contribution in [2.24, 2.45) is 0 Å². The van der Waals surface area contributed by atoms with E-state index >= 15 is 0 Å². The quantitative estimate of drug-likeness (QED) is 0.655. The Labute approximate surface area is 107 Å². The van der Waals surface area contributed by atoms with Crippen LogP contribution in [0.15, 0.2) is 24.3 Å². The zero-order valence-electron chi connectivity index (χ0n) is 9.87. The van der Waals surface area contributed by atoms with Gasteiger partial charge < -0.3 is 9.53 Å². The fourth-order valence-corrected chi connectivity index (χ4v) is 2.61. The summed E-state index contributed by atoms with van der Waals surface area (Å²) >= 11 is 4.46. The predicted octanol–water partition coefficient (Wildman–Crippen LogP) is 1.94. The number of benzene rings is 1. The Hall–Kier alpha value is -1.00. The van der Waals surface area contributed by atoms with Gasteiger partial charge in [-0.1, -0.05) is 18.2 Å². The van der Waals surface area contributed by atoms with Crippen LogP contribution >= 0.6 is 12.6 Å². The molecule has 0 amide bonds. The van der Waals surface area contributed by atoms with E-state index in [1.807, 2.05) is 24.3 Å². The van der Waals surface area contributed by atoms with Crippen molar-refractivity contribution >= 4 is 18.9 Å². The summed E-state index contributed by atoms with van der Waals surface area (Å²) in [7, 11) is 1.63. The SMILES string of the molecule is COc1ccccc1C(C=O)N1CCC(S)C1. The third kappa shape index (κ3) is 2.64. The van der Waals surface area contributed by atoms with Crippen molar-refractivity contribution in [1.29, 1.82) is 0 Å². The van der Waals surface area contributed by atoms with E-state index < -0.39 is 0 Å². The van der Waals surface area contributed by atoms with Crippen LogP contribution < -0.4 is 4.74 Å². The average Bonchev–Trinajstić information content (AvgIpc) is 2.77. The number of rotatable bonds is 4. The number of para-hydroxylation sites is 1. The Morgan fingerprint density at radius 1 is 1.53 bits per heavy atom. The number of likely N-dealkylation sites (tertiary alicyclic amines) is 1. The van der Waals surface area contributed by atoms with E-state index in [-0.39, 0.29) is 6.04 Å². The molecule has 3 nitrogen and oxygen atoms in total. The molecule has 0 aromatic heterocycles. The Balaban J connectivity index is 2.25. The second-order valence-corrected chi connectivity index (χ2v) is 4.99. The standard InChI is InChI=1S/C13H17NO2S/c1-16-13-5-3-2-4-11(13)12(9-15)14-7-6-10(17)8-14/h2-5,9-10,12,17H,6-8H2,1H3. The molecule has 1 aromatic carbocycles. The van der Waals surface area contributed by atoms with Gasteiger partial charge in [0.05, 0.1) is 13.2 Å². The van der Waals surface area contributed by atoms with Crippen LogP contribution in [0.25, 0.3) is 0 Å². The lowest BCUT2D eigenvalue weighted by Gasteiger charge is -2.24. The number of aldehydes is 1. The van der Waals surface area contributed by atoms with E-state index in [4.69, 9.17) is 4.74 Å². The highest BCUT2D eigenvalue weighted by molar-refractivity contribution is 7.81. The van der Waals surface area contributed by atoms with Crippen LogP contribution in [-0.4, -0.2) is 36.6 Å². The Morgan fingerprint density at radius 2 is 2.29 bits per heavy atom. The molecule has 0 N–H and O–H groups in total. The van der Waals surface area contributed by atoms with Crippen molar-refractivity contribution in [2.45, 2.75) is 17.7 Å². The van der Waals surface area contributed by atoms with Crippen LogP contribution in [0, 0.1) is 0 Å². The first-order valence-corrected chi connectivity index (χ1v) is 6.28. The van der Waals surface area contributed by atoms with Crippen LogP contribution in [0.2, 0.25) is 0 Å². The van der Waals surface area contributed by atoms with Gasteiger partial charge in [-0.2, -0.15) is 12.6 Å². The Kier molecular flexibility index (Phi) is 4.07.